The third kappa shape index (κ3) is 5.17. The maximum absolute atomic E-state index is 12.2. The predicted octanol–water partition coefficient (Wildman–Crippen LogP) is 0.829. The summed E-state index contributed by atoms with van der Waals surface area (Å²) in [5.41, 5.74) is 0. The van der Waals surface area contributed by atoms with Gasteiger partial charge in [0.1, 0.15) is 6.61 Å². The maximum atomic E-state index is 12.2. The Kier molecular flexibility index (Phi) is 5.81. The fourth-order valence-electron chi connectivity index (χ4n) is 2.81. The van der Waals surface area contributed by atoms with Crippen molar-refractivity contribution >= 4 is 12.0 Å². The number of carboxylic acids is 1. The lowest BCUT2D eigenvalue weighted by Gasteiger charge is -2.34. The van der Waals surface area contributed by atoms with E-state index in [4.69, 9.17) is 14.6 Å². The van der Waals surface area contributed by atoms with Gasteiger partial charge in [0.15, 0.2) is 0 Å². The molecule has 0 spiro atoms. The van der Waals surface area contributed by atoms with Crippen LogP contribution in [0.25, 0.3) is 0 Å². The summed E-state index contributed by atoms with van der Waals surface area (Å²) in [4.78, 5) is 24.4. The molecule has 2 rings (SSSR count). The third-order valence-corrected chi connectivity index (χ3v) is 3.98. The van der Waals surface area contributed by atoms with Crippen LogP contribution in [0.2, 0.25) is 0 Å². The number of piperidine rings is 1. The number of hydrogen-bond acceptors (Lipinski definition) is 4. The number of carbonyl (C=O) groups is 2. The highest BCUT2D eigenvalue weighted by Crippen LogP contribution is 2.16. The van der Waals surface area contributed by atoms with Crippen LogP contribution in [0, 0.1) is 0 Å². The number of nitrogens with zero attached hydrogens (tertiary/aromatic N) is 1. The number of likely N-dealkylation sites (tertiary alicyclic amines) is 1. The second kappa shape index (κ2) is 7.61. The second-order valence-electron chi connectivity index (χ2n) is 5.74. The van der Waals surface area contributed by atoms with E-state index in [0.29, 0.717) is 32.5 Å². The molecule has 2 saturated heterocycles. The predicted molar refractivity (Wildman–Crippen MR) is 75.2 cm³/mol. The SMILES string of the molecule is CC1CC(NC(=O)N2CCC(OCC(=O)O)CC2)CCO1. The Morgan fingerprint density at radius 1 is 1.33 bits per heavy atom. The lowest BCUT2D eigenvalue weighted by atomic mass is 10.0. The molecule has 0 aliphatic carbocycles. The first kappa shape index (κ1) is 16.0. The number of rotatable bonds is 4. The van der Waals surface area contributed by atoms with Gasteiger partial charge in [-0.15, -0.1) is 0 Å². The molecular weight excluding hydrogens is 276 g/mol. The topological polar surface area (TPSA) is 88.1 Å². The van der Waals surface area contributed by atoms with E-state index in [2.05, 4.69) is 5.32 Å². The Bertz CT molecular complexity index is 368. The van der Waals surface area contributed by atoms with Gasteiger partial charge in [-0.1, -0.05) is 0 Å². The van der Waals surface area contributed by atoms with Crippen molar-refractivity contribution in [1.29, 1.82) is 0 Å². The molecule has 2 aliphatic heterocycles. The quantitative estimate of drug-likeness (QED) is 0.803. The minimum absolute atomic E-state index is 0.0363. The normalized spacial score (nSPS) is 27.4. The molecule has 2 N–H and O–H groups in total. The van der Waals surface area contributed by atoms with Crippen LogP contribution < -0.4 is 5.32 Å². The molecule has 0 aromatic rings. The van der Waals surface area contributed by atoms with E-state index in [1.54, 1.807) is 4.90 Å². The zero-order valence-electron chi connectivity index (χ0n) is 12.4. The largest absolute Gasteiger partial charge is 0.480 e. The van der Waals surface area contributed by atoms with E-state index in [0.717, 1.165) is 12.8 Å². The van der Waals surface area contributed by atoms with Crippen molar-refractivity contribution in [3.63, 3.8) is 0 Å². The lowest BCUT2D eigenvalue weighted by molar-refractivity contribution is -0.145. The molecule has 2 fully saturated rings. The van der Waals surface area contributed by atoms with E-state index >= 15 is 0 Å². The molecule has 0 radical (unpaired) electrons. The van der Waals surface area contributed by atoms with Crippen LogP contribution in [0.4, 0.5) is 4.79 Å². The molecule has 0 aromatic carbocycles. The van der Waals surface area contributed by atoms with Crippen LogP contribution in [0.5, 0.6) is 0 Å². The molecule has 7 heteroatoms. The smallest absolute Gasteiger partial charge is 0.329 e. The van der Waals surface area contributed by atoms with Crippen LogP contribution in [0.15, 0.2) is 0 Å². The summed E-state index contributed by atoms with van der Waals surface area (Å²) in [7, 11) is 0. The van der Waals surface area contributed by atoms with Gasteiger partial charge in [-0.25, -0.2) is 9.59 Å². The van der Waals surface area contributed by atoms with Gasteiger partial charge in [-0.05, 0) is 32.6 Å². The molecule has 0 saturated carbocycles. The number of carboxylic acid groups (broad SMARTS) is 1. The zero-order chi connectivity index (χ0) is 15.2. The van der Waals surface area contributed by atoms with E-state index in [1.807, 2.05) is 6.92 Å². The monoisotopic (exact) mass is 300 g/mol. The number of nitrogens with one attached hydrogen (secondary N) is 1. The van der Waals surface area contributed by atoms with Crippen LogP contribution in [-0.2, 0) is 14.3 Å². The summed E-state index contributed by atoms with van der Waals surface area (Å²) < 4.78 is 10.7. The maximum Gasteiger partial charge on any atom is 0.329 e. The van der Waals surface area contributed by atoms with E-state index in [-0.39, 0.29) is 30.9 Å². The molecule has 120 valence electrons. The number of hydrogen-bond donors (Lipinski definition) is 2. The zero-order valence-corrected chi connectivity index (χ0v) is 12.4. The first-order valence-electron chi connectivity index (χ1n) is 7.55. The number of aliphatic carboxylic acids is 1. The number of ether oxygens (including phenoxy) is 2. The molecule has 2 amide bonds. The molecule has 0 bridgehead atoms. The van der Waals surface area contributed by atoms with Gasteiger partial charge >= 0.3 is 12.0 Å². The van der Waals surface area contributed by atoms with Crippen molar-refractivity contribution in [2.75, 3.05) is 26.3 Å². The van der Waals surface area contributed by atoms with Gasteiger partial charge in [0.25, 0.3) is 0 Å². The molecule has 21 heavy (non-hydrogen) atoms. The summed E-state index contributed by atoms with van der Waals surface area (Å²) in [5, 5.41) is 11.6. The molecule has 2 heterocycles. The molecule has 7 nitrogen and oxygen atoms in total. The van der Waals surface area contributed by atoms with Gasteiger partial charge in [0.2, 0.25) is 0 Å². The van der Waals surface area contributed by atoms with Crippen molar-refractivity contribution in [2.24, 2.45) is 0 Å². The standard InChI is InChI=1S/C14H24N2O5/c1-10-8-11(4-7-20-10)15-14(19)16-5-2-12(3-6-16)21-9-13(17)18/h10-12H,2-9H2,1H3,(H,15,19)(H,17,18). The van der Waals surface area contributed by atoms with Crippen molar-refractivity contribution < 1.29 is 24.2 Å². The number of amides is 2. The summed E-state index contributed by atoms with van der Waals surface area (Å²) in [6.45, 7) is 3.65. The van der Waals surface area contributed by atoms with Crippen molar-refractivity contribution in [3.05, 3.63) is 0 Å². The highest BCUT2D eigenvalue weighted by molar-refractivity contribution is 5.74. The minimum Gasteiger partial charge on any atom is -0.480 e. The average molecular weight is 300 g/mol. The second-order valence-corrected chi connectivity index (χ2v) is 5.74. The Hall–Kier alpha value is -1.34. The van der Waals surface area contributed by atoms with Crippen molar-refractivity contribution in [1.82, 2.24) is 10.2 Å². The first-order valence-corrected chi connectivity index (χ1v) is 7.55. The first-order chi connectivity index (χ1) is 10.0. The minimum atomic E-state index is -0.955. The van der Waals surface area contributed by atoms with E-state index < -0.39 is 5.97 Å². The molecular formula is C14H24N2O5. The Morgan fingerprint density at radius 2 is 2.05 bits per heavy atom. The molecule has 0 aromatic heterocycles. The van der Waals surface area contributed by atoms with Crippen molar-refractivity contribution in [2.45, 2.75) is 50.9 Å². The number of carbonyl (C=O) groups excluding carboxylic acids is 1. The van der Waals surface area contributed by atoms with Gasteiger partial charge < -0.3 is 24.8 Å². The Labute approximate surface area is 124 Å². The summed E-state index contributed by atoms with van der Waals surface area (Å²) in [5.74, 6) is -0.955. The van der Waals surface area contributed by atoms with Gasteiger partial charge in [0.05, 0.1) is 12.2 Å². The van der Waals surface area contributed by atoms with E-state index in [1.165, 1.54) is 0 Å². The fourth-order valence-corrected chi connectivity index (χ4v) is 2.81. The third-order valence-electron chi connectivity index (χ3n) is 3.98. The molecule has 2 aliphatic rings. The van der Waals surface area contributed by atoms with Gasteiger partial charge in [-0.2, -0.15) is 0 Å². The van der Waals surface area contributed by atoms with Crippen LogP contribution in [0.3, 0.4) is 0 Å². The average Bonchev–Trinajstić information content (AvgIpc) is 2.45. The summed E-state index contributed by atoms with van der Waals surface area (Å²) in [6.07, 6.45) is 3.21. The Morgan fingerprint density at radius 3 is 2.67 bits per heavy atom. The van der Waals surface area contributed by atoms with Gasteiger partial charge in [-0.3, -0.25) is 0 Å². The van der Waals surface area contributed by atoms with E-state index in [9.17, 15) is 9.59 Å². The summed E-state index contributed by atoms with van der Waals surface area (Å²) >= 11 is 0. The highest BCUT2D eigenvalue weighted by Gasteiger charge is 2.27. The van der Waals surface area contributed by atoms with Crippen LogP contribution in [-0.4, -0.2) is 66.6 Å². The Balaban J connectivity index is 1.69. The fraction of sp³-hybridized carbons (Fsp3) is 0.857. The van der Waals surface area contributed by atoms with Crippen LogP contribution in [0.1, 0.15) is 32.6 Å². The highest BCUT2D eigenvalue weighted by atomic mass is 16.5. The van der Waals surface area contributed by atoms with Crippen molar-refractivity contribution in [3.8, 4) is 0 Å². The molecule has 2 atom stereocenters. The van der Waals surface area contributed by atoms with Crippen LogP contribution >= 0.6 is 0 Å². The van der Waals surface area contributed by atoms with Gasteiger partial charge in [0, 0.05) is 25.7 Å². The molecule has 2 unspecified atom stereocenters. The number of urea groups is 1. The lowest BCUT2D eigenvalue weighted by Crippen LogP contribution is -2.50. The summed E-state index contributed by atoms with van der Waals surface area (Å²) in [6, 6.07) is 0.146.